The summed E-state index contributed by atoms with van der Waals surface area (Å²) in [7, 11) is -5.29. The molecule has 0 spiro atoms. The first-order valence-corrected chi connectivity index (χ1v) is 10.4. The molecule has 0 unspecified atom stereocenters. The Balaban J connectivity index is 2.49. The number of sulfonamides is 2. The highest BCUT2D eigenvalue weighted by atomic mass is 35.5. The topological polar surface area (TPSA) is 104 Å². The number of hydrogen-bond acceptors (Lipinski definition) is 5. The van der Waals surface area contributed by atoms with Crippen LogP contribution in [0.25, 0.3) is 0 Å². The van der Waals surface area contributed by atoms with Gasteiger partial charge in [-0.05, 0) is 36.4 Å². The fraction of sp³-hybridized carbons (Fsp3) is 0.143. The monoisotopic (exact) mass is 424 g/mol. The average Bonchev–Trinajstić information content (AvgIpc) is 2.48. The molecular formula is C14H14Cl2N2O5S2. The van der Waals surface area contributed by atoms with E-state index in [1.165, 1.54) is 38.4 Å². The highest BCUT2D eigenvalue weighted by molar-refractivity contribution is 7.92. The Hall–Kier alpha value is -1.52. The molecule has 0 amide bonds. The summed E-state index contributed by atoms with van der Waals surface area (Å²) in [6.07, 6.45) is 0. The first-order chi connectivity index (χ1) is 11.4. The lowest BCUT2D eigenvalue weighted by atomic mass is 10.3. The summed E-state index contributed by atoms with van der Waals surface area (Å²) in [5.74, 6) is -0.436. The minimum atomic E-state index is -4.15. The number of benzene rings is 2. The Kier molecular flexibility index (Phi) is 5.55. The summed E-state index contributed by atoms with van der Waals surface area (Å²) >= 11 is 11.6. The van der Waals surface area contributed by atoms with E-state index in [4.69, 9.17) is 23.2 Å². The van der Waals surface area contributed by atoms with Gasteiger partial charge in [-0.2, -0.15) is 0 Å². The summed E-state index contributed by atoms with van der Waals surface area (Å²) in [4.78, 5) is -0.414. The summed E-state index contributed by atoms with van der Waals surface area (Å²) in [5, 5.41) is 10.1. The second-order valence-electron chi connectivity index (χ2n) is 5.18. The van der Waals surface area contributed by atoms with Crippen molar-refractivity contribution in [3.63, 3.8) is 0 Å². The molecule has 25 heavy (non-hydrogen) atoms. The number of anilines is 1. The van der Waals surface area contributed by atoms with Gasteiger partial charge in [0.2, 0.25) is 10.0 Å². The lowest BCUT2D eigenvalue weighted by Crippen LogP contribution is -2.22. The zero-order chi connectivity index (χ0) is 19.0. The Morgan fingerprint density at radius 1 is 0.920 bits per heavy atom. The van der Waals surface area contributed by atoms with Crippen molar-refractivity contribution in [2.75, 3.05) is 18.8 Å². The molecule has 136 valence electrons. The number of nitrogens with one attached hydrogen (secondary N) is 1. The van der Waals surface area contributed by atoms with Crippen LogP contribution in [0, 0.1) is 0 Å². The van der Waals surface area contributed by atoms with Gasteiger partial charge in [0.25, 0.3) is 10.0 Å². The van der Waals surface area contributed by atoms with Gasteiger partial charge in [-0.1, -0.05) is 23.2 Å². The number of nitrogens with zero attached hydrogens (tertiary/aromatic N) is 1. The van der Waals surface area contributed by atoms with Crippen molar-refractivity contribution in [2.45, 2.75) is 9.79 Å². The first kappa shape index (κ1) is 19.8. The molecule has 0 aromatic heterocycles. The lowest BCUT2D eigenvalue weighted by molar-refractivity contribution is 0.477. The molecule has 2 aromatic carbocycles. The van der Waals surface area contributed by atoms with E-state index in [1.807, 2.05) is 0 Å². The summed E-state index contributed by atoms with van der Waals surface area (Å²) in [5.41, 5.74) is -0.293. The maximum Gasteiger partial charge on any atom is 0.262 e. The molecule has 0 heterocycles. The van der Waals surface area contributed by atoms with Gasteiger partial charge in [-0.15, -0.1) is 0 Å². The molecular weight excluding hydrogens is 411 g/mol. The van der Waals surface area contributed by atoms with Gasteiger partial charge in [-0.25, -0.2) is 21.1 Å². The van der Waals surface area contributed by atoms with Crippen molar-refractivity contribution in [3.05, 3.63) is 46.4 Å². The minimum Gasteiger partial charge on any atom is -0.506 e. The molecule has 2 N–H and O–H groups in total. The van der Waals surface area contributed by atoms with Crippen molar-refractivity contribution >= 4 is 48.9 Å². The molecule has 11 heteroatoms. The van der Waals surface area contributed by atoms with E-state index < -0.39 is 25.8 Å². The van der Waals surface area contributed by atoms with Gasteiger partial charge in [0.1, 0.15) is 5.75 Å². The van der Waals surface area contributed by atoms with E-state index in [-0.39, 0.29) is 25.5 Å². The molecule has 0 saturated carbocycles. The minimum absolute atomic E-state index is 0.112. The summed E-state index contributed by atoms with van der Waals surface area (Å²) in [6, 6.07) is 6.98. The van der Waals surface area contributed by atoms with Crippen molar-refractivity contribution in [2.24, 2.45) is 0 Å². The van der Waals surface area contributed by atoms with Gasteiger partial charge >= 0.3 is 0 Å². The van der Waals surface area contributed by atoms with Gasteiger partial charge in [-0.3, -0.25) is 4.72 Å². The molecule has 2 aromatic rings. The number of phenols is 1. The number of hydrogen-bond donors (Lipinski definition) is 2. The fourth-order valence-electron chi connectivity index (χ4n) is 1.86. The molecule has 0 radical (unpaired) electrons. The maximum atomic E-state index is 12.5. The molecule has 0 atom stereocenters. The summed E-state index contributed by atoms with van der Waals surface area (Å²) < 4.78 is 52.3. The quantitative estimate of drug-likeness (QED) is 0.717. The highest BCUT2D eigenvalue weighted by Gasteiger charge is 2.22. The number of halogens is 2. The Morgan fingerprint density at radius 3 is 2.00 bits per heavy atom. The Bertz CT molecular complexity index is 1000. The van der Waals surface area contributed by atoms with Crippen LogP contribution in [0.2, 0.25) is 10.0 Å². The predicted octanol–water partition coefficient (Wildman–Crippen LogP) is 2.75. The normalized spacial score (nSPS) is 12.4. The molecule has 0 aliphatic carbocycles. The van der Waals surface area contributed by atoms with E-state index in [1.54, 1.807) is 0 Å². The second kappa shape index (κ2) is 7.00. The van der Waals surface area contributed by atoms with Crippen LogP contribution in [0.1, 0.15) is 0 Å². The van der Waals surface area contributed by atoms with Gasteiger partial charge in [0.05, 0.1) is 15.5 Å². The number of rotatable bonds is 5. The third-order valence-electron chi connectivity index (χ3n) is 3.14. The standard InChI is InChI=1S/C14H14Cl2N2O5S2/c1-18(2)25(22,23)11-3-4-14(19)13(8-11)17-24(20,21)12-6-9(15)5-10(16)7-12/h3-8,17,19H,1-2H3. The van der Waals surface area contributed by atoms with E-state index in [2.05, 4.69) is 4.72 Å². The SMILES string of the molecule is CN(C)S(=O)(=O)c1ccc(O)c(NS(=O)(=O)c2cc(Cl)cc(Cl)c2)c1. The molecule has 0 bridgehead atoms. The first-order valence-electron chi connectivity index (χ1n) is 6.68. The largest absolute Gasteiger partial charge is 0.506 e. The van der Waals surface area contributed by atoms with Crippen LogP contribution >= 0.6 is 23.2 Å². The van der Waals surface area contributed by atoms with E-state index >= 15 is 0 Å². The Morgan fingerprint density at radius 2 is 1.48 bits per heavy atom. The van der Waals surface area contributed by atoms with Crippen LogP contribution in [0.15, 0.2) is 46.2 Å². The van der Waals surface area contributed by atoms with Crippen LogP contribution in [0.4, 0.5) is 5.69 Å². The number of aromatic hydroxyl groups is 1. The van der Waals surface area contributed by atoms with Gasteiger partial charge in [0, 0.05) is 24.1 Å². The average molecular weight is 425 g/mol. The van der Waals surface area contributed by atoms with Gasteiger partial charge < -0.3 is 5.11 Å². The predicted molar refractivity (Wildman–Crippen MR) is 96.3 cm³/mol. The fourth-order valence-corrected chi connectivity index (χ4v) is 4.57. The van der Waals surface area contributed by atoms with E-state index in [0.717, 1.165) is 16.4 Å². The Labute approximate surface area is 155 Å². The van der Waals surface area contributed by atoms with Crippen molar-refractivity contribution < 1.29 is 21.9 Å². The number of phenolic OH excluding ortho intramolecular Hbond substituents is 1. The zero-order valence-electron chi connectivity index (χ0n) is 13.1. The highest BCUT2D eigenvalue weighted by Crippen LogP contribution is 2.30. The second-order valence-corrected chi connectivity index (χ2v) is 9.88. The molecule has 0 aliphatic heterocycles. The van der Waals surface area contributed by atoms with Gasteiger partial charge in [0.15, 0.2) is 0 Å². The lowest BCUT2D eigenvalue weighted by Gasteiger charge is -2.14. The van der Waals surface area contributed by atoms with E-state index in [0.29, 0.717) is 0 Å². The molecule has 0 saturated heterocycles. The molecule has 0 aliphatic rings. The van der Waals surface area contributed by atoms with E-state index in [9.17, 15) is 21.9 Å². The third kappa shape index (κ3) is 4.36. The third-order valence-corrected chi connectivity index (χ3v) is 6.73. The van der Waals surface area contributed by atoms with Crippen LogP contribution in [0.5, 0.6) is 5.75 Å². The van der Waals surface area contributed by atoms with Crippen LogP contribution in [-0.2, 0) is 20.0 Å². The maximum absolute atomic E-state index is 12.5. The van der Waals surface area contributed by atoms with Crippen LogP contribution in [0.3, 0.4) is 0 Å². The molecule has 0 fully saturated rings. The molecule has 2 rings (SSSR count). The smallest absolute Gasteiger partial charge is 0.262 e. The van der Waals surface area contributed by atoms with Crippen molar-refractivity contribution in [3.8, 4) is 5.75 Å². The zero-order valence-corrected chi connectivity index (χ0v) is 16.2. The van der Waals surface area contributed by atoms with Crippen LogP contribution in [-0.4, -0.2) is 40.3 Å². The van der Waals surface area contributed by atoms with Crippen molar-refractivity contribution in [1.29, 1.82) is 0 Å². The summed E-state index contributed by atoms with van der Waals surface area (Å²) in [6.45, 7) is 0. The van der Waals surface area contributed by atoms with Crippen LogP contribution < -0.4 is 4.72 Å². The molecule has 7 nitrogen and oxygen atoms in total. The van der Waals surface area contributed by atoms with Crippen molar-refractivity contribution in [1.82, 2.24) is 4.31 Å².